The van der Waals surface area contributed by atoms with Gasteiger partial charge in [0.15, 0.2) is 0 Å². The minimum atomic E-state index is 0.873. The average Bonchev–Trinajstić information content (AvgIpc) is 2.55. The summed E-state index contributed by atoms with van der Waals surface area (Å²) in [6.07, 6.45) is 7.34. The third-order valence-electron chi connectivity index (χ3n) is 3.50. The highest BCUT2D eigenvalue weighted by Crippen LogP contribution is 2.33. The predicted molar refractivity (Wildman–Crippen MR) is 47.5 cm³/mol. The molecule has 0 aromatic rings. The first-order chi connectivity index (χ1) is 5.38. The van der Waals surface area contributed by atoms with E-state index in [0.29, 0.717) is 0 Å². The third kappa shape index (κ3) is 1.44. The van der Waals surface area contributed by atoms with Crippen molar-refractivity contribution in [1.82, 2.24) is 5.32 Å². The van der Waals surface area contributed by atoms with Crippen molar-refractivity contribution in [3.05, 3.63) is 0 Å². The fraction of sp³-hybridized carbons (Fsp3) is 1.00. The predicted octanol–water partition coefficient (Wildman–Crippen LogP) is 2.17. The van der Waals surface area contributed by atoms with Gasteiger partial charge in [-0.1, -0.05) is 19.8 Å². The molecule has 2 aliphatic rings. The third-order valence-corrected chi connectivity index (χ3v) is 3.50. The van der Waals surface area contributed by atoms with E-state index >= 15 is 0 Å². The zero-order chi connectivity index (χ0) is 7.68. The van der Waals surface area contributed by atoms with E-state index < -0.39 is 0 Å². The zero-order valence-electron chi connectivity index (χ0n) is 7.47. The summed E-state index contributed by atoms with van der Waals surface area (Å²) in [6, 6.07) is 0.873. The van der Waals surface area contributed by atoms with Crippen molar-refractivity contribution in [3.63, 3.8) is 0 Å². The Balaban J connectivity index is 1.92. The van der Waals surface area contributed by atoms with Crippen LogP contribution in [0.25, 0.3) is 0 Å². The van der Waals surface area contributed by atoms with Crippen molar-refractivity contribution in [3.8, 4) is 0 Å². The lowest BCUT2D eigenvalue weighted by Gasteiger charge is -2.22. The van der Waals surface area contributed by atoms with E-state index in [1.165, 1.54) is 38.6 Å². The summed E-state index contributed by atoms with van der Waals surface area (Å²) in [5, 5.41) is 3.65. The van der Waals surface area contributed by atoms with Crippen LogP contribution in [-0.2, 0) is 0 Å². The molecule has 0 bridgehead atoms. The van der Waals surface area contributed by atoms with Crippen molar-refractivity contribution in [2.45, 2.75) is 45.1 Å². The van der Waals surface area contributed by atoms with Crippen molar-refractivity contribution >= 4 is 0 Å². The Morgan fingerprint density at radius 2 is 1.82 bits per heavy atom. The van der Waals surface area contributed by atoms with Crippen LogP contribution in [0.1, 0.15) is 39.0 Å². The van der Waals surface area contributed by atoms with E-state index in [2.05, 4.69) is 12.2 Å². The average molecular weight is 153 g/mol. The molecule has 2 fully saturated rings. The Bertz CT molecular complexity index is 127. The summed E-state index contributed by atoms with van der Waals surface area (Å²) in [6.45, 7) is 3.67. The molecular formula is C10H19N. The van der Waals surface area contributed by atoms with Crippen molar-refractivity contribution in [2.75, 3.05) is 6.54 Å². The quantitative estimate of drug-likeness (QED) is 0.609. The van der Waals surface area contributed by atoms with Crippen molar-refractivity contribution in [1.29, 1.82) is 0 Å². The molecule has 0 aromatic heterocycles. The molecule has 0 radical (unpaired) electrons. The van der Waals surface area contributed by atoms with Gasteiger partial charge < -0.3 is 5.32 Å². The molecule has 1 heteroatoms. The highest BCUT2D eigenvalue weighted by Gasteiger charge is 2.31. The molecule has 0 unspecified atom stereocenters. The van der Waals surface area contributed by atoms with Crippen LogP contribution >= 0.6 is 0 Å². The standard InChI is InChI=1S/C10H19N/c1-8-6-7-11-10(8)9-4-2-3-5-9/h8-11H,2-7H2,1H3/t8-,10-/m0/s1. The topological polar surface area (TPSA) is 12.0 Å². The normalized spacial score (nSPS) is 40.1. The van der Waals surface area contributed by atoms with Gasteiger partial charge in [-0.05, 0) is 37.6 Å². The van der Waals surface area contributed by atoms with Gasteiger partial charge >= 0.3 is 0 Å². The van der Waals surface area contributed by atoms with Crippen LogP contribution in [0.5, 0.6) is 0 Å². The fourth-order valence-corrected chi connectivity index (χ4v) is 2.81. The summed E-state index contributed by atoms with van der Waals surface area (Å²) in [4.78, 5) is 0. The minimum Gasteiger partial charge on any atom is -0.313 e. The smallest absolute Gasteiger partial charge is 0.0121 e. The van der Waals surface area contributed by atoms with Crippen LogP contribution in [0.15, 0.2) is 0 Å². The molecule has 1 aliphatic heterocycles. The number of hydrogen-bond donors (Lipinski definition) is 1. The van der Waals surface area contributed by atoms with Gasteiger partial charge in [0.25, 0.3) is 0 Å². The Labute approximate surface area is 69.6 Å². The molecule has 1 heterocycles. The maximum absolute atomic E-state index is 3.65. The molecule has 64 valence electrons. The van der Waals surface area contributed by atoms with E-state index in [1.54, 1.807) is 0 Å². The molecule has 1 N–H and O–H groups in total. The van der Waals surface area contributed by atoms with Crippen LogP contribution < -0.4 is 5.32 Å². The molecule has 0 spiro atoms. The number of rotatable bonds is 1. The van der Waals surface area contributed by atoms with Gasteiger partial charge in [-0.15, -0.1) is 0 Å². The second kappa shape index (κ2) is 3.14. The maximum Gasteiger partial charge on any atom is 0.0121 e. The van der Waals surface area contributed by atoms with E-state index in [0.717, 1.165) is 17.9 Å². The lowest BCUT2D eigenvalue weighted by Crippen LogP contribution is -2.32. The van der Waals surface area contributed by atoms with Gasteiger partial charge in [-0.2, -0.15) is 0 Å². The molecule has 0 aromatic carbocycles. The van der Waals surface area contributed by atoms with Gasteiger partial charge in [-0.3, -0.25) is 0 Å². The summed E-state index contributed by atoms with van der Waals surface area (Å²) in [7, 11) is 0. The van der Waals surface area contributed by atoms with Gasteiger partial charge in [0.2, 0.25) is 0 Å². The van der Waals surface area contributed by atoms with Crippen LogP contribution in [0.2, 0.25) is 0 Å². The van der Waals surface area contributed by atoms with Gasteiger partial charge in [0.1, 0.15) is 0 Å². The van der Waals surface area contributed by atoms with E-state index in [-0.39, 0.29) is 0 Å². The second-order valence-corrected chi connectivity index (χ2v) is 4.29. The van der Waals surface area contributed by atoms with Crippen molar-refractivity contribution in [2.24, 2.45) is 11.8 Å². The lowest BCUT2D eigenvalue weighted by molar-refractivity contribution is 0.336. The van der Waals surface area contributed by atoms with E-state index in [9.17, 15) is 0 Å². The first-order valence-electron chi connectivity index (χ1n) is 5.11. The fourth-order valence-electron chi connectivity index (χ4n) is 2.81. The monoisotopic (exact) mass is 153 g/mol. The highest BCUT2D eigenvalue weighted by molar-refractivity contribution is 4.88. The molecule has 0 amide bonds. The minimum absolute atomic E-state index is 0.873. The molecule has 1 saturated carbocycles. The van der Waals surface area contributed by atoms with Gasteiger partial charge in [0, 0.05) is 6.04 Å². The molecule has 2 atom stereocenters. The molecule has 1 aliphatic carbocycles. The summed E-state index contributed by atoms with van der Waals surface area (Å²) in [5.41, 5.74) is 0. The molecule has 1 saturated heterocycles. The zero-order valence-corrected chi connectivity index (χ0v) is 7.47. The Morgan fingerprint density at radius 3 is 2.36 bits per heavy atom. The SMILES string of the molecule is C[C@H]1CCN[C@@H]1C1CCCC1. The Hall–Kier alpha value is -0.0400. The summed E-state index contributed by atoms with van der Waals surface area (Å²) in [5.74, 6) is 1.96. The largest absolute Gasteiger partial charge is 0.313 e. The maximum atomic E-state index is 3.65. The van der Waals surface area contributed by atoms with Crippen LogP contribution in [-0.4, -0.2) is 12.6 Å². The van der Waals surface area contributed by atoms with Crippen LogP contribution in [0.4, 0.5) is 0 Å². The van der Waals surface area contributed by atoms with Gasteiger partial charge in [-0.25, -0.2) is 0 Å². The van der Waals surface area contributed by atoms with Crippen molar-refractivity contribution < 1.29 is 0 Å². The highest BCUT2D eigenvalue weighted by atomic mass is 15.0. The summed E-state index contributed by atoms with van der Waals surface area (Å²) >= 11 is 0. The van der Waals surface area contributed by atoms with Crippen LogP contribution in [0.3, 0.4) is 0 Å². The summed E-state index contributed by atoms with van der Waals surface area (Å²) < 4.78 is 0. The van der Waals surface area contributed by atoms with Gasteiger partial charge in [0.05, 0.1) is 0 Å². The molecule has 1 nitrogen and oxygen atoms in total. The number of hydrogen-bond acceptors (Lipinski definition) is 1. The molecular weight excluding hydrogens is 134 g/mol. The van der Waals surface area contributed by atoms with E-state index in [4.69, 9.17) is 0 Å². The van der Waals surface area contributed by atoms with Crippen LogP contribution in [0, 0.1) is 11.8 Å². The lowest BCUT2D eigenvalue weighted by atomic mass is 9.90. The van der Waals surface area contributed by atoms with E-state index in [1.807, 2.05) is 0 Å². The number of nitrogens with one attached hydrogen (secondary N) is 1. The first kappa shape index (κ1) is 7.60. The first-order valence-corrected chi connectivity index (χ1v) is 5.11. The molecule has 11 heavy (non-hydrogen) atoms. The molecule has 2 rings (SSSR count). The Morgan fingerprint density at radius 1 is 1.09 bits per heavy atom. The Kier molecular flexibility index (Phi) is 2.17. The second-order valence-electron chi connectivity index (χ2n) is 4.29.